The molecule has 4 rings (SSSR count). The number of carbonyl (C=O) groups excluding carboxylic acids is 1. The zero-order valence-corrected chi connectivity index (χ0v) is 20.2. The van der Waals surface area contributed by atoms with Gasteiger partial charge < -0.3 is 24.2 Å². The van der Waals surface area contributed by atoms with Crippen molar-refractivity contribution in [3.05, 3.63) is 54.1 Å². The van der Waals surface area contributed by atoms with Crippen LogP contribution in [-0.2, 0) is 9.53 Å². The number of rotatable bonds is 7. The van der Waals surface area contributed by atoms with E-state index >= 15 is 0 Å². The second kappa shape index (κ2) is 10.8. The van der Waals surface area contributed by atoms with Crippen LogP contribution in [0.2, 0.25) is 0 Å². The van der Waals surface area contributed by atoms with Crippen molar-refractivity contribution < 1.29 is 24.1 Å². The number of aliphatic hydroxyl groups excluding tert-OH is 1. The highest BCUT2D eigenvalue weighted by Gasteiger charge is 2.49. The number of piperidine rings is 1. The van der Waals surface area contributed by atoms with Crippen molar-refractivity contribution in [2.45, 2.75) is 47.3 Å². The summed E-state index contributed by atoms with van der Waals surface area (Å²) >= 11 is 1.33. The Labute approximate surface area is 200 Å². The summed E-state index contributed by atoms with van der Waals surface area (Å²) in [4.78, 5) is 16.2. The number of nitrogens with zero attached hydrogens (tertiary/aromatic N) is 1. The fourth-order valence-electron chi connectivity index (χ4n) is 4.83. The van der Waals surface area contributed by atoms with Crippen LogP contribution in [0.3, 0.4) is 0 Å². The van der Waals surface area contributed by atoms with Gasteiger partial charge in [0.2, 0.25) is 0 Å². The zero-order chi connectivity index (χ0) is 23.3. The normalized spacial score (nSPS) is 23.8. The fraction of sp³-hybridized carbons (Fsp3) is 0.500. The number of thioether (sulfide) groups is 1. The number of esters is 1. The lowest BCUT2D eigenvalue weighted by Gasteiger charge is -2.35. The number of benzene rings is 2. The smallest absolute Gasteiger partial charge is 0.325 e. The first-order chi connectivity index (χ1) is 16.1. The lowest BCUT2D eigenvalue weighted by Crippen LogP contribution is -2.49. The number of fused-ring (bicyclic) bond motifs is 1. The van der Waals surface area contributed by atoms with Gasteiger partial charge in [0.15, 0.2) is 0 Å². The Kier molecular flexibility index (Phi) is 7.83. The number of hydrogen-bond donors (Lipinski definition) is 1. The standard InChI is InChI=1S/C26H33NO5S/c1-30-21-9-10-22-23(17-21)33-26(25(29)31-2,24(28)18-32-22)13-6-14-27-15-11-20(12-16-27)19-7-4-3-5-8-19/h3-5,7-10,17,20,24,28H,6,11-16,18H2,1-2H3/t24-,26+/m0/s1. The summed E-state index contributed by atoms with van der Waals surface area (Å²) in [5, 5.41) is 11.0. The number of methoxy groups -OCH3 is 2. The first-order valence-electron chi connectivity index (χ1n) is 11.6. The average Bonchev–Trinajstić information content (AvgIpc) is 3.01. The van der Waals surface area contributed by atoms with Crippen molar-refractivity contribution in [2.75, 3.05) is 40.5 Å². The van der Waals surface area contributed by atoms with Crippen molar-refractivity contribution in [1.82, 2.24) is 4.90 Å². The molecule has 7 heteroatoms. The number of likely N-dealkylation sites (tertiary alicyclic amines) is 1. The first kappa shape index (κ1) is 23.9. The Bertz CT molecular complexity index is 932. The van der Waals surface area contributed by atoms with Gasteiger partial charge >= 0.3 is 5.97 Å². The van der Waals surface area contributed by atoms with E-state index in [1.165, 1.54) is 24.4 Å². The van der Waals surface area contributed by atoms with E-state index in [1.807, 2.05) is 18.2 Å². The van der Waals surface area contributed by atoms with Crippen LogP contribution in [0.4, 0.5) is 0 Å². The summed E-state index contributed by atoms with van der Waals surface area (Å²) in [5.41, 5.74) is 1.42. The van der Waals surface area contributed by atoms with E-state index in [0.29, 0.717) is 23.8 Å². The average molecular weight is 472 g/mol. The molecule has 2 aliphatic heterocycles. The Balaban J connectivity index is 1.41. The van der Waals surface area contributed by atoms with E-state index in [9.17, 15) is 9.90 Å². The summed E-state index contributed by atoms with van der Waals surface area (Å²) in [6.45, 7) is 3.02. The third kappa shape index (κ3) is 5.31. The highest BCUT2D eigenvalue weighted by Crippen LogP contribution is 2.47. The minimum Gasteiger partial charge on any atom is -0.497 e. The molecule has 1 saturated heterocycles. The fourth-order valence-corrected chi connectivity index (χ4v) is 6.24. The molecule has 0 saturated carbocycles. The second-order valence-electron chi connectivity index (χ2n) is 8.75. The van der Waals surface area contributed by atoms with Crippen LogP contribution in [0.25, 0.3) is 0 Å². The molecule has 0 unspecified atom stereocenters. The third-order valence-electron chi connectivity index (χ3n) is 6.79. The van der Waals surface area contributed by atoms with Crippen LogP contribution < -0.4 is 9.47 Å². The largest absolute Gasteiger partial charge is 0.497 e. The molecule has 2 aromatic rings. The first-order valence-corrected chi connectivity index (χ1v) is 12.4. The second-order valence-corrected chi connectivity index (χ2v) is 10.1. The van der Waals surface area contributed by atoms with Gasteiger partial charge in [-0.2, -0.15) is 0 Å². The molecule has 1 N–H and O–H groups in total. The van der Waals surface area contributed by atoms with Crippen LogP contribution in [0.1, 0.15) is 37.2 Å². The van der Waals surface area contributed by atoms with Crippen LogP contribution in [-0.4, -0.2) is 67.3 Å². The topological polar surface area (TPSA) is 68.2 Å². The summed E-state index contributed by atoms with van der Waals surface area (Å²) < 4.78 is 15.2. The molecule has 33 heavy (non-hydrogen) atoms. The third-order valence-corrected chi connectivity index (χ3v) is 8.34. The molecule has 2 atom stereocenters. The van der Waals surface area contributed by atoms with E-state index in [2.05, 4.69) is 35.2 Å². The predicted molar refractivity (Wildman–Crippen MR) is 129 cm³/mol. The van der Waals surface area contributed by atoms with Gasteiger partial charge in [-0.25, -0.2) is 0 Å². The van der Waals surface area contributed by atoms with Crippen LogP contribution in [0.5, 0.6) is 11.5 Å². The summed E-state index contributed by atoms with van der Waals surface area (Å²) in [6.07, 6.45) is 2.60. The maximum Gasteiger partial charge on any atom is 0.325 e. The molecule has 2 aromatic carbocycles. The molecule has 0 amide bonds. The Morgan fingerprint density at radius 2 is 1.94 bits per heavy atom. The quantitative estimate of drug-likeness (QED) is 0.610. The Hall–Kier alpha value is -2.22. The summed E-state index contributed by atoms with van der Waals surface area (Å²) in [6, 6.07) is 16.2. The van der Waals surface area contributed by atoms with Crippen molar-refractivity contribution in [3.8, 4) is 11.5 Å². The van der Waals surface area contributed by atoms with E-state index in [-0.39, 0.29) is 6.61 Å². The van der Waals surface area contributed by atoms with Gasteiger partial charge in [-0.1, -0.05) is 30.3 Å². The van der Waals surface area contributed by atoms with Crippen molar-refractivity contribution in [1.29, 1.82) is 0 Å². The van der Waals surface area contributed by atoms with Crippen molar-refractivity contribution in [2.24, 2.45) is 0 Å². The van der Waals surface area contributed by atoms with E-state index in [0.717, 1.165) is 43.8 Å². The van der Waals surface area contributed by atoms with Crippen LogP contribution >= 0.6 is 11.8 Å². The molecule has 0 aliphatic carbocycles. The molecule has 2 heterocycles. The van der Waals surface area contributed by atoms with Gasteiger partial charge in [0.1, 0.15) is 29.0 Å². The molecule has 0 spiro atoms. The van der Waals surface area contributed by atoms with Crippen LogP contribution in [0.15, 0.2) is 53.4 Å². The van der Waals surface area contributed by atoms with Gasteiger partial charge in [-0.3, -0.25) is 4.79 Å². The lowest BCUT2D eigenvalue weighted by atomic mass is 9.89. The number of hydrogen-bond acceptors (Lipinski definition) is 7. The monoisotopic (exact) mass is 471 g/mol. The summed E-state index contributed by atoms with van der Waals surface area (Å²) in [7, 11) is 2.98. The molecule has 0 aromatic heterocycles. The van der Waals surface area contributed by atoms with Crippen molar-refractivity contribution >= 4 is 17.7 Å². The molecule has 2 aliphatic rings. The minimum atomic E-state index is -1.12. The van der Waals surface area contributed by atoms with Gasteiger partial charge in [-0.15, -0.1) is 11.8 Å². The van der Waals surface area contributed by atoms with E-state index < -0.39 is 16.8 Å². The van der Waals surface area contributed by atoms with Gasteiger partial charge in [-0.05, 0) is 75.0 Å². The summed E-state index contributed by atoms with van der Waals surface area (Å²) in [5.74, 6) is 1.53. The van der Waals surface area contributed by atoms with Gasteiger partial charge in [0, 0.05) is 0 Å². The van der Waals surface area contributed by atoms with Gasteiger partial charge in [0.05, 0.1) is 19.1 Å². The highest BCUT2D eigenvalue weighted by atomic mass is 32.2. The molecule has 1 fully saturated rings. The number of aliphatic hydroxyl groups is 1. The molecule has 0 radical (unpaired) electrons. The van der Waals surface area contributed by atoms with Gasteiger partial charge in [0.25, 0.3) is 0 Å². The van der Waals surface area contributed by atoms with E-state index in [1.54, 1.807) is 7.11 Å². The SMILES string of the molecule is COC(=O)[C@]1(CCCN2CCC(c3ccccc3)CC2)Sc2cc(OC)ccc2OC[C@@H]1O. The lowest BCUT2D eigenvalue weighted by molar-refractivity contribution is -0.147. The van der Waals surface area contributed by atoms with Crippen molar-refractivity contribution in [3.63, 3.8) is 0 Å². The number of ether oxygens (including phenoxy) is 3. The molecule has 178 valence electrons. The molecule has 0 bridgehead atoms. The Morgan fingerprint density at radius 1 is 1.18 bits per heavy atom. The van der Waals surface area contributed by atoms with Crippen LogP contribution in [0, 0.1) is 0 Å². The Morgan fingerprint density at radius 3 is 2.64 bits per heavy atom. The zero-order valence-electron chi connectivity index (χ0n) is 19.4. The number of carbonyl (C=O) groups is 1. The highest BCUT2D eigenvalue weighted by molar-refractivity contribution is 8.01. The molecular formula is C26H33NO5S. The predicted octanol–water partition coefficient (Wildman–Crippen LogP) is 4.11. The molecular weight excluding hydrogens is 438 g/mol. The maximum absolute atomic E-state index is 13.0. The maximum atomic E-state index is 13.0. The van der Waals surface area contributed by atoms with E-state index in [4.69, 9.17) is 14.2 Å². The molecule has 6 nitrogen and oxygen atoms in total. The minimum absolute atomic E-state index is 0.0455.